The number of carboxylic acid groups (broad SMARTS) is 1. The first-order chi connectivity index (χ1) is 8.58. The Morgan fingerprint density at radius 2 is 2.17 bits per heavy atom. The number of hydrogen-bond acceptors (Lipinski definition) is 2. The van der Waals surface area contributed by atoms with Gasteiger partial charge in [-0.2, -0.15) is 0 Å². The van der Waals surface area contributed by atoms with Crippen molar-refractivity contribution in [2.45, 2.75) is 45.6 Å². The first-order valence-electron chi connectivity index (χ1n) is 6.67. The second-order valence-electron chi connectivity index (χ2n) is 5.42. The topological polar surface area (TPSA) is 49.3 Å². The summed E-state index contributed by atoms with van der Waals surface area (Å²) in [7, 11) is 0. The van der Waals surface area contributed by atoms with Crippen LogP contribution in [0.25, 0.3) is 0 Å². The van der Waals surface area contributed by atoms with Crippen LogP contribution in [0.2, 0.25) is 0 Å². The fraction of sp³-hybridized carbons (Fsp3) is 0.533. The van der Waals surface area contributed by atoms with Crippen molar-refractivity contribution in [3.8, 4) is 0 Å². The average Bonchev–Trinajstić information content (AvgIpc) is 2.31. The van der Waals surface area contributed by atoms with Crippen LogP contribution < -0.4 is 5.32 Å². The molecule has 98 valence electrons. The summed E-state index contributed by atoms with van der Waals surface area (Å²) in [5.74, 6) is -0.126. The van der Waals surface area contributed by atoms with Crippen LogP contribution in [0, 0.1) is 12.8 Å². The molecule has 0 heterocycles. The summed E-state index contributed by atoms with van der Waals surface area (Å²) in [6, 6.07) is 5.84. The number of carboxylic acids is 1. The second kappa shape index (κ2) is 5.42. The molecule has 3 nitrogen and oxygen atoms in total. The van der Waals surface area contributed by atoms with Gasteiger partial charge >= 0.3 is 5.97 Å². The summed E-state index contributed by atoms with van der Waals surface area (Å²) in [4.78, 5) is 11.2. The third-order valence-electron chi connectivity index (χ3n) is 3.79. The second-order valence-corrected chi connectivity index (χ2v) is 5.42. The predicted molar refractivity (Wildman–Crippen MR) is 73.2 cm³/mol. The number of anilines is 1. The number of aryl methyl sites for hydroxylation is 1. The Bertz CT molecular complexity index is 442. The van der Waals surface area contributed by atoms with Crippen molar-refractivity contribution in [1.29, 1.82) is 0 Å². The minimum absolute atomic E-state index is 0.383. The number of nitrogens with one attached hydrogen (secondary N) is 1. The summed E-state index contributed by atoms with van der Waals surface area (Å²) in [6.07, 6.45) is 4.79. The standard InChI is InChI=1S/C15H21NO2/c1-10-5-3-7-12(9-10)16-14-11(2)6-4-8-13(14)15(17)18/h4,6,8,10,12,16H,3,5,7,9H2,1-2H3,(H,17,18). The molecule has 2 unspecified atom stereocenters. The molecule has 0 saturated heterocycles. The smallest absolute Gasteiger partial charge is 0.337 e. The maximum atomic E-state index is 11.2. The zero-order valence-electron chi connectivity index (χ0n) is 11.1. The molecule has 0 aliphatic heterocycles. The van der Waals surface area contributed by atoms with Crippen LogP contribution >= 0.6 is 0 Å². The van der Waals surface area contributed by atoms with Crippen LogP contribution in [0.1, 0.15) is 48.5 Å². The van der Waals surface area contributed by atoms with E-state index < -0.39 is 5.97 Å². The number of carbonyl (C=O) groups is 1. The summed E-state index contributed by atoms with van der Waals surface area (Å²) in [5.41, 5.74) is 2.19. The average molecular weight is 247 g/mol. The Morgan fingerprint density at radius 3 is 2.83 bits per heavy atom. The van der Waals surface area contributed by atoms with Gasteiger partial charge < -0.3 is 10.4 Å². The van der Waals surface area contributed by atoms with E-state index >= 15 is 0 Å². The summed E-state index contributed by atoms with van der Waals surface area (Å²) < 4.78 is 0. The van der Waals surface area contributed by atoms with E-state index in [4.69, 9.17) is 0 Å². The van der Waals surface area contributed by atoms with Crippen LogP contribution in [-0.2, 0) is 0 Å². The molecule has 18 heavy (non-hydrogen) atoms. The molecule has 1 saturated carbocycles. The molecule has 0 bridgehead atoms. The molecule has 1 aromatic carbocycles. The van der Waals surface area contributed by atoms with E-state index in [1.165, 1.54) is 12.8 Å². The first-order valence-corrected chi connectivity index (χ1v) is 6.67. The molecule has 3 heteroatoms. The number of para-hydroxylation sites is 1. The largest absolute Gasteiger partial charge is 0.478 e. The van der Waals surface area contributed by atoms with Gasteiger partial charge in [-0.15, -0.1) is 0 Å². The van der Waals surface area contributed by atoms with Crippen LogP contribution in [0.3, 0.4) is 0 Å². The van der Waals surface area contributed by atoms with Crippen molar-refractivity contribution >= 4 is 11.7 Å². The van der Waals surface area contributed by atoms with Gasteiger partial charge in [0.25, 0.3) is 0 Å². The Labute approximate surface area is 108 Å². The fourth-order valence-corrected chi connectivity index (χ4v) is 2.81. The number of aromatic carboxylic acids is 1. The molecule has 0 aromatic heterocycles. The summed E-state index contributed by atoms with van der Waals surface area (Å²) in [6.45, 7) is 4.23. The van der Waals surface area contributed by atoms with E-state index in [9.17, 15) is 9.90 Å². The molecule has 1 fully saturated rings. The highest BCUT2D eigenvalue weighted by molar-refractivity contribution is 5.95. The lowest BCUT2D eigenvalue weighted by atomic mass is 9.86. The minimum atomic E-state index is -0.856. The highest BCUT2D eigenvalue weighted by atomic mass is 16.4. The van der Waals surface area contributed by atoms with Crippen LogP contribution in [0.15, 0.2) is 18.2 Å². The van der Waals surface area contributed by atoms with Crippen molar-refractivity contribution in [2.24, 2.45) is 5.92 Å². The van der Waals surface area contributed by atoms with E-state index in [0.717, 1.165) is 30.0 Å². The van der Waals surface area contributed by atoms with Crippen LogP contribution in [-0.4, -0.2) is 17.1 Å². The molecule has 0 spiro atoms. The van der Waals surface area contributed by atoms with Gasteiger partial charge in [0.15, 0.2) is 0 Å². The molecule has 2 N–H and O–H groups in total. The van der Waals surface area contributed by atoms with Crippen molar-refractivity contribution < 1.29 is 9.90 Å². The van der Waals surface area contributed by atoms with Gasteiger partial charge in [-0.1, -0.05) is 31.9 Å². The lowest BCUT2D eigenvalue weighted by molar-refractivity contribution is 0.0698. The molecule has 0 radical (unpaired) electrons. The van der Waals surface area contributed by atoms with Gasteiger partial charge in [-0.05, 0) is 37.3 Å². The SMILES string of the molecule is Cc1cccc(C(=O)O)c1NC1CCCC(C)C1. The third kappa shape index (κ3) is 2.84. The fourth-order valence-electron chi connectivity index (χ4n) is 2.81. The van der Waals surface area contributed by atoms with E-state index in [-0.39, 0.29) is 0 Å². The van der Waals surface area contributed by atoms with Crippen LogP contribution in [0.5, 0.6) is 0 Å². The molecule has 1 aromatic rings. The Morgan fingerprint density at radius 1 is 1.39 bits per heavy atom. The van der Waals surface area contributed by atoms with Gasteiger partial charge in [-0.25, -0.2) is 4.79 Å². The zero-order valence-corrected chi connectivity index (χ0v) is 11.1. The molecule has 1 aliphatic rings. The van der Waals surface area contributed by atoms with Crippen molar-refractivity contribution in [1.82, 2.24) is 0 Å². The molecular weight excluding hydrogens is 226 g/mol. The van der Waals surface area contributed by atoms with Gasteiger partial charge in [0.2, 0.25) is 0 Å². The number of hydrogen-bond donors (Lipinski definition) is 2. The highest BCUT2D eigenvalue weighted by Gasteiger charge is 2.21. The monoisotopic (exact) mass is 247 g/mol. The van der Waals surface area contributed by atoms with Crippen molar-refractivity contribution in [3.05, 3.63) is 29.3 Å². The normalized spacial score (nSPS) is 23.7. The molecule has 2 atom stereocenters. The Hall–Kier alpha value is -1.51. The Kier molecular flexibility index (Phi) is 3.90. The maximum Gasteiger partial charge on any atom is 0.337 e. The molecule has 0 amide bonds. The van der Waals surface area contributed by atoms with Gasteiger partial charge in [0, 0.05) is 6.04 Å². The van der Waals surface area contributed by atoms with E-state index in [2.05, 4.69) is 12.2 Å². The van der Waals surface area contributed by atoms with Crippen molar-refractivity contribution in [2.75, 3.05) is 5.32 Å². The highest BCUT2D eigenvalue weighted by Crippen LogP contribution is 2.29. The predicted octanol–water partition coefficient (Wildman–Crippen LogP) is 3.68. The third-order valence-corrected chi connectivity index (χ3v) is 3.79. The minimum Gasteiger partial charge on any atom is -0.478 e. The van der Waals surface area contributed by atoms with Gasteiger partial charge in [0.05, 0.1) is 11.3 Å². The van der Waals surface area contributed by atoms with Gasteiger partial charge in [-0.3, -0.25) is 0 Å². The molecule has 2 rings (SSSR count). The molecule has 1 aliphatic carbocycles. The van der Waals surface area contributed by atoms with E-state index in [0.29, 0.717) is 11.6 Å². The van der Waals surface area contributed by atoms with Crippen molar-refractivity contribution in [3.63, 3.8) is 0 Å². The zero-order chi connectivity index (χ0) is 13.1. The summed E-state index contributed by atoms with van der Waals surface area (Å²) >= 11 is 0. The first kappa shape index (κ1) is 12.9. The lowest BCUT2D eigenvalue weighted by Gasteiger charge is -2.29. The lowest BCUT2D eigenvalue weighted by Crippen LogP contribution is -2.27. The molecular formula is C15H21NO2. The van der Waals surface area contributed by atoms with E-state index in [1.54, 1.807) is 12.1 Å². The maximum absolute atomic E-state index is 11.2. The quantitative estimate of drug-likeness (QED) is 0.856. The Balaban J connectivity index is 2.20. The van der Waals surface area contributed by atoms with Gasteiger partial charge in [0.1, 0.15) is 0 Å². The van der Waals surface area contributed by atoms with Crippen LogP contribution in [0.4, 0.5) is 5.69 Å². The number of benzene rings is 1. The number of rotatable bonds is 3. The summed E-state index contributed by atoms with van der Waals surface area (Å²) in [5, 5.41) is 12.7. The van der Waals surface area contributed by atoms with E-state index in [1.807, 2.05) is 13.0 Å².